The van der Waals surface area contributed by atoms with E-state index in [4.69, 9.17) is 9.72 Å². The van der Waals surface area contributed by atoms with E-state index in [1.165, 1.54) is 16.7 Å². The number of pyridine rings is 1. The first-order valence-corrected chi connectivity index (χ1v) is 11.4. The minimum absolute atomic E-state index is 0.0590. The van der Waals surface area contributed by atoms with Crippen LogP contribution >= 0.6 is 0 Å². The molecular formula is C23H23F3N8O. The molecule has 1 N–H and O–H groups in total. The SMILES string of the molecule is C[C@@H]1[C@H](c2cn[nH]c2)N(C2COC2)CCN1c1ccnc(-c2cnc3ccc(C(F)(F)F)cn23)n1. The summed E-state index contributed by atoms with van der Waals surface area (Å²) < 4.78 is 46.7. The number of imidazole rings is 1. The highest BCUT2D eigenvalue weighted by molar-refractivity contribution is 5.59. The van der Waals surface area contributed by atoms with Gasteiger partial charge in [-0.2, -0.15) is 18.3 Å². The second kappa shape index (κ2) is 8.31. The zero-order valence-electron chi connectivity index (χ0n) is 18.9. The van der Waals surface area contributed by atoms with Crippen LogP contribution < -0.4 is 4.90 Å². The van der Waals surface area contributed by atoms with Gasteiger partial charge in [-0.25, -0.2) is 15.0 Å². The minimum atomic E-state index is -4.46. The molecule has 0 saturated carbocycles. The highest BCUT2D eigenvalue weighted by Gasteiger charge is 2.41. The van der Waals surface area contributed by atoms with Crippen molar-refractivity contribution in [3.8, 4) is 11.5 Å². The zero-order valence-corrected chi connectivity index (χ0v) is 18.9. The lowest BCUT2D eigenvalue weighted by atomic mass is 9.95. The molecule has 2 fully saturated rings. The Bertz CT molecular complexity index is 1330. The Balaban J connectivity index is 1.35. The molecule has 12 heteroatoms. The molecule has 0 radical (unpaired) electrons. The molecular weight excluding hydrogens is 461 g/mol. The smallest absolute Gasteiger partial charge is 0.378 e. The van der Waals surface area contributed by atoms with Gasteiger partial charge in [0.15, 0.2) is 5.82 Å². The number of hydrogen-bond acceptors (Lipinski definition) is 7. The van der Waals surface area contributed by atoms with Gasteiger partial charge in [-0.1, -0.05) is 0 Å². The number of aromatic amines is 1. The molecule has 6 rings (SSSR count). The number of fused-ring (bicyclic) bond motifs is 1. The number of ether oxygens (including phenoxy) is 1. The van der Waals surface area contributed by atoms with Crippen molar-refractivity contribution >= 4 is 11.5 Å². The number of rotatable bonds is 4. The number of piperazine rings is 1. The summed E-state index contributed by atoms with van der Waals surface area (Å²) in [6, 6.07) is 4.70. The van der Waals surface area contributed by atoms with E-state index in [9.17, 15) is 13.2 Å². The van der Waals surface area contributed by atoms with E-state index < -0.39 is 11.7 Å². The Morgan fingerprint density at radius 2 is 1.94 bits per heavy atom. The zero-order chi connectivity index (χ0) is 24.2. The van der Waals surface area contributed by atoms with Crippen LogP contribution in [0, 0.1) is 0 Å². The van der Waals surface area contributed by atoms with E-state index in [1.54, 1.807) is 6.20 Å². The van der Waals surface area contributed by atoms with Crippen molar-refractivity contribution in [1.82, 2.24) is 34.4 Å². The first-order chi connectivity index (χ1) is 16.9. The first kappa shape index (κ1) is 22.0. The fourth-order valence-corrected chi connectivity index (χ4v) is 5.00. The van der Waals surface area contributed by atoms with Crippen LogP contribution in [-0.2, 0) is 10.9 Å². The van der Waals surface area contributed by atoms with E-state index in [2.05, 4.69) is 36.9 Å². The normalized spacial score (nSPS) is 22.0. The largest absolute Gasteiger partial charge is 0.417 e. The van der Waals surface area contributed by atoms with Crippen LogP contribution in [0.2, 0.25) is 0 Å². The third-order valence-electron chi connectivity index (χ3n) is 6.85. The van der Waals surface area contributed by atoms with Gasteiger partial charge in [-0.15, -0.1) is 0 Å². The highest BCUT2D eigenvalue weighted by atomic mass is 19.4. The van der Waals surface area contributed by atoms with Gasteiger partial charge in [0, 0.05) is 43.3 Å². The summed E-state index contributed by atoms with van der Waals surface area (Å²) >= 11 is 0. The van der Waals surface area contributed by atoms with Gasteiger partial charge in [0.1, 0.15) is 17.2 Å². The summed E-state index contributed by atoms with van der Waals surface area (Å²) in [5.41, 5.74) is 1.13. The number of hydrogen-bond donors (Lipinski definition) is 1. The maximum atomic E-state index is 13.3. The van der Waals surface area contributed by atoms with Crippen molar-refractivity contribution in [1.29, 1.82) is 0 Å². The Labute approximate surface area is 198 Å². The van der Waals surface area contributed by atoms with E-state index in [-0.39, 0.29) is 12.1 Å². The molecule has 0 aliphatic carbocycles. The minimum Gasteiger partial charge on any atom is -0.378 e. The molecule has 0 unspecified atom stereocenters. The summed E-state index contributed by atoms with van der Waals surface area (Å²) in [6.45, 7) is 5.14. The topological polar surface area (TPSA) is 87.5 Å². The van der Waals surface area contributed by atoms with Crippen LogP contribution in [0.5, 0.6) is 0 Å². The predicted octanol–water partition coefficient (Wildman–Crippen LogP) is 3.18. The summed E-state index contributed by atoms with van der Waals surface area (Å²) in [6.07, 6.45) is 3.47. The number of H-pyrrole nitrogens is 1. The fraction of sp³-hybridized carbons (Fsp3) is 0.391. The van der Waals surface area contributed by atoms with E-state index >= 15 is 0 Å². The van der Waals surface area contributed by atoms with Crippen molar-refractivity contribution in [3.05, 3.63) is 60.3 Å². The van der Waals surface area contributed by atoms with Gasteiger partial charge in [0.25, 0.3) is 0 Å². The standard InChI is InChI=1S/C23H23F3N8O/c1-14-21(15-8-29-30-9-15)33(17-12-35-13-17)7-6-32(14)20-4-5-27-22(31-20)18-10-28-19-3-2-16(11-34(18)19)23(24,25)26/h2-5,8-11,14,17,21H,6-7,12-13H2,1H3,(H,29,30)/t14-,21-/m1/s1. The van der Waals surface area contributed by atoms with Crippen molar-refractivity contribution in [2.24, 2.45) is 0 Å². The van der Waals surface area contributed by atoms with Crippen molar-refractivity contribution in [2.75, 3.05) is 31.2 Å². The van der Waals surface area contributed by atoms with Crippen LogP contribution in [0.4, 0.5) is 19.0 Å². The average Bonchev–Trinajstić information content (AvgIpc) is 3.47. The third-order valence-corrected chi connectivity index (χ3v) is 6.85. The van der Waals surface area contributed by atoms with Gasteiger partial charge in [-0.05, 0) is 25.1 Å². The number of anilines is 1. The van der Waals surface area contributed by atoms with Gasteiger partial charge in [-0.3, -0.25) is 14.4 Å². The molecule has 35 heavy (non-hydrogen) atoms. The Morgan fingerprint density at radius 1 is 1.09 bits per heavy atom. The summed E-state index contributed by atoms with van der Waals surface area (Å²) in [7, 11) is 0. The Kier molecular flexibility index (Phi) is 5.22. The Morgan fingerprint density at radius 3 is 2.66 bits per heavy atom. The molecule has 0 aromatic carbocycles. The second-order valence-electron chi connectivity index (χ2n) is 8.87. The lowest BCUT2D eigenvalue weighted by Crippen LogP contribution is -2.61. The number of aromatic nitrogens is 6. The van der Waals surface area contributed by atoms with Gasteiger partial charge in [0.05, 0.1) is 43.3 Å². The lowest BCUT2D eigenvalue weighted by molar-refractivity contribution is -0.137. The molecule has 4 aromatic heterocycles. The van der Waals surface area contributed by atoms with Gasteiger partial charge in [0.2, 0.25) is 0 Å². The number of nitrogens with one attached hydrogen (secondary N) is 1. The molecule has 9 nitrogen and oxygen atoms in total. The van der Waals surface area contributed by atoms with E-state index in [0.29, 0.717) is 42.2 Å². The number of nitrogens with zero attached hydrogens (tertiary/aromatic N) is 7. The van der Waals surface area contributed by atoms with Gasteiger partial charge >= 0.3 is 6.18 Å². The molecule has 0 amide bonds. The summed E-state index contributed by atoms with van der Waals surface area (Å²) in [5.74, 6) is 1.03. The van der Waals surface area contributed by atoms with Crippen molar-refractivity contribution < 1.29 is 17.9 Å². The molecule has 4 aromatic rings. The molecule has 2 aliphatic heterocycles. The lowest BCUT2D eigenvalue weighted by Gasteiger charge is -2.51. The predicted molar refractivity (Wildman–Crippen MR) is 121 cm³/mol. The molecule has 0 spiro atoms. The van der Waals surface area contributed by atoms with Gasteiger partial charge < -0.3 is 9.64 Å². The van der Waals surface area contributed by atoms with Crippen molar-refractivity contribution in [2.45, 2.75) is 31.2 Å². The maximum absolute atomic E-state index is 13.3. The maximum Gasteiger partial charge on any atom is 0.417 e. The third kappa shape index (κ3) is 3.82. The number of halogens is 3. The van der Waals surface area contributed by atoms with Crippen LogP contribution in [-0.4, -0.2) is 72.8 Å². The molecule has 2 atom stereocenters. The Hall–Kier alpha value is -3.51. The van der Waals surface area contributed by atoms with Crippen molar-refractivity contribution in [3.63, 3.8) is 0 Å². The monoisotopic (exact) mass is 484 g/mol. The second-order valence-corrected chi connectivity index (χ2v) is 8.87. The highest BCUT2D eigenvalue weighted by Crippen LogP contribution is 2.36. The summed E-state index contributed by atoms with van der Waals surface area (Å²) in [4.78, 5) is 18.0. The molecule has 0 bridgehead atoms. The van der Waals surface area contributed by atoms with Crippen LogP contribution in [0.1, 0.15) is 24.1 Å². The van der Waals surface area contributed by atoms with Crippen LogP contribution in [0.25, 0.3) is 17.2 Å². The first-order valence-electron chi connectivity index (χ1n) is 11.4. The van der Waals surface area contributed by atoms with Crippen LogP contribution in [0.15, 0.2) is 49.2 Å². The van der Waals surface area contributed by atoms with Crippen LogP contribution in [0.3, 0.4) is 0 Å². The molecule has 182 valence electrons. The fourth-order valence-electron chi connectivity index (χ4n) is 5.00. The average molecular weight is 484 g/mol. The summed E-state index contributed by atoms with van der Waals surface area (Å²) in [5, 5.41) is 7.07. The number of alkyl halides is 3. The van der Waals surface area contributed by atoms with E-state index in [1.807, 2.05) is 18.5 Å². The molecule has 2 aliphatic rings. The molecule has 6 heterocycles. The molecule has 2 saturated heterocycles. The van der Waals surface area contributed by atoms with E-state index in [0.717, 1.165) is 30.9 Å². The quantitative estimate of drug-likeness (QED) is 0.476.